The van der Waals surface area contributed by atoms with Gasteiger partial charge in [0.25, 0.3) is 0 Å². The first-order chi connectivity index (χ1) is 9.01. The molecule has 8 heteroatoms. The molecule has 0 fully saturated rings. The van der Waals surface area contributed by atoms with Gasteiger partial charge < -0.3 is 10.1 Å². The maximum atomic E-state index is 11.4. The van der Waals surface area contributed by atoms with Gasteiger partial charge in [0.1, 0.15) is 0 Å². The minimum atomic E-state index is -0.509. The minimum Gasteiger partial charge on any atom is -0.465 e. The highest BCUT2D eigenvalue weighted by Crippen LogP contribution is 2.33. The first-order valence-corrected chi connectivity index (χ1v) is 7.34. The summed E-state index contributed by atoms with van der Waals surface area (Å²) in [6.07, 6.45) is 0. The van der Waals surface area contributed by atoms with Gasteiger partial charge in [-0.1, -0.05) is 34.5 Å². The number of rotatable bonds is 3. The third kappa shape index (κ3) is 3.39. The maximum absolute atomic E-state index is 11.4. The standard InChI is InChI=1S/C11H7BrCl2N2O2S/c1-18-10(17)8-9(14)16-11(19-8)15-7-3-2-5(13)4-6(7)12/h2-4H,1H3,(H,15,16). The lowest BCUT2D eigenvalue weighted by Gasteiger charge is -2.05. The van der Waals surface area contributed by atoms with Gasteiger partial charge in [-0.15, -0.1) is 0 Å². The first-order valence-electron chi connectivity index (χ1n) is 4.98. The van der Waals surface area contributed by atoms with Crippen LogP contribution in [-0.4, -0.2) is 18.1 Å². The molecular weight excluding hydrogens is 375 g/mol. The van der Waals surface area contributed by atoms with Crippen molar-refractivity contribution in [3.05, 3.63) is 37.7 Å². The van der Waals surface area contributed by atoms with Crippen LogP contribution in [0.2, 0.25) is 10.2 Å². The van der Waals surface area contributed by atoms with Crippen molar-refractivity contribution in [1.82, 2.24) is 4.98 Å². The van der Waals surface area contributed by atoms with Crippen LogP contribution >= 0.6 is 50.5 Å². The molecule has 0 radical (unpaired) electrons. The summed E-state index contributed by atoms with van der Waals surface area (Å²) >= 11 is 16.2. The fraction of sp³-hybridized carbons (Fsp3) is 0.0909. The molecule has 2 aromatic rings. The molecule has 0 aliphatic carbocycles. The lowest BCUT2D eigenvalue weighted by atomic mass is 10.3. The highest BCUT2D eigenvalue weighted by atomic mass is 79.9. The monoisotopic (exact) mass is 380 g/mol. The SMILES string of the molecule is COC(=O)c1sc(Nc2ccc(Cl)cc2Br)nc1Cl. The predicted molar refractivity (Wildman–Crippen MR) is 80.9 cm³/mol. The number of hydrogen-bond acceptors (Lipinski definition) is 5. The molecule has 0 unspecified atom stereocenters. The predicted octanol–water partition coefficient (Wildman–Crippen LogP) is 4.74. The Morgan fingerprint density at radius 2 is 2.21 bits per heavy atom. The van der Waals surface area contributed by atoms with E-state index < -0.39 is 5.97 Å². The number of benzene rings is 1. The number of anilines is 2. The molecule has 1 heterocycles. The first kappa shape index (κ1) is 14.6. The number of hydrogen-bond donors (Lipinski definition) is 1. The second kappa shape index (κ2) is 6.09. The molecule has 0 aliphatic heterocycles. The van der Waals surface area contributed by atoms with Crippen LogP contribution in [0, 0.1) is 0 Å². The topological polar surface area (TPSA) is 51.2 Å². The van der Waals surface area contributed by atoms with Gasteiger partial charge in [0, 0.05) is 9.50 Å². The fourth-order valence-corrected chi connectivity index (χ4v) is 3.18. The Bertz CT molecular complexity index is 633. The van der Waals surface area contributed by atoms with Crippen molar-refractivity contribution in [2.24, 2.45) is 0 Å². The Balaban J connectivity index is 2.26. The Labute approximate surface area is 131 Å². The van der Waals surface area contributed by atoms with Gasteiger partial charge in [0.2, 0.25) is 0 Å². The van der Waals surface area contributed by atoms with Crippen LogP contribution in [-0.2, 0) is 4.74 Å². The lowest BCUT2D eigenvalue weighted by Crippen LogP contribution is -1.98. The zero-order chi connectivity index (χ0) is 14.0. The normalized spacial score (nSPS) is 10.3. The van der Waals surface area contributed by atoms with E-state index in [0.29, 0.717) is 10.2 Å². The number of carbonyl (C=O) groups is 1. The summed E-state index contributed by atoms with van der Waals surface area (Å²) in [4.78, 5) is 15.7. The zero-order valence-corrected chi connectivity index (χ0v) is 13.5. The van der Waals surface area contributed by atoms with Gasteiger partial charge in [0.05, 0.1) is 12.8 Å². The van der Waals surface area contributed by atoms with Crippen LogP contribution in [0.15, 0.2) is 22.7 Å². The highest BCUT2D eigenvalue weighted by Gasteiger charge is 2.17. The molecule has 4 nitrogen and oxygen atoms in total. The minimum absolute atomic E-state index is 0.115. The van der Waals surface area contributed by atoms with Crippen molar-refractivity contribution < 1.29 is 9.53 Å². The second-order valence-corrected chi connectivity index (χ2v) is 6.03. The number of esters is 1. The van der Waals surface area contributed by atoms with Gasteiger partial charge >= 0.3 is 5.97 Å². The third-order valence-corrected chi connectivity index (χ3v) is 4.36. The quantitative estimate of drug-likeness (QED) is 0.780. The summed E-state index contributed by atoms with van der Waals surface area (Å²) in [7, 11) is 1.29. The van der Waals surface area contributed by atoms with Gasteiger partial charge in [-0.2, -0.15) is 0 Å². The maximum Gasteiger partial charge on any atom is 0.351 e. The van der Waals surface area contributed by atoms with Crippen LogP contribution in [0.1, 0.15) is 9.67 Å². The Morgan fingerprint density at radius 3 is 2.84 bits per heavy atom. The molecule has 0 spiro atoms. The van der Waals surface area contributed by atoms with E-state index >= 15 is 0 Å². The Hall–Kier alpha value is -0.820. The average Bonchev–Trinajstić information content (AvgIpc) is 2.73. The summed E-state index contributed by atoms with van der Waals surface area (Å²) < 4.78 is 5.40. The van der Waals surface area contributed by atoms with Crippen molar-refractivity contribution in [2.45, 2.75) is 0 Å². The van der Waals surface area contributed by atoms with Crippen LogP contribution in [0.3, 0.4) is 0 Å². The van der Waals surface area contributed by atoms with Crippen molar-refractivity contribution in [3.63, 3.8) is 0 Å². The van der Waals surface area contributed by atoms with E-state index in [1.807, 2.05) is 0 Å². The number of ether oxygens (including phenoxy) is 1. The van der Waals surface area contributed by atoms with Gasteiger partial charge in [-0.25, -0.2) is 9.78 Å². The largest absolute Gasteiger partial charge is 0.465 e. The van der Waals surface area contributed by atoms with E-state index in [1.54, 1.807) is 18.2 Å². The molecule has 0 bridgehead atoms. The lowest BCUT2D eigenvalue weighted by molar-refractivity contribution is 0.0606. The number of methoxy groups -OCH3 is 1. The molecular formula is C11H7BrCl2N2O2S. The molecule has 1 N–H and O–H groups in total. The molecule has 0 saturated carbocycles. The number of nitrogens with one attached hydrogen (secondary N) is 1. The molecule has 100 valence electrons. The second-order valence-electron chi connectivity index (χ2n) is 3.38. The van der Waals surface area contributed by atoms with Crippen LogP contribution < -0.4 is 5.32 Å². The van der Waals surface area contributed by atoms with E-state index in [2.05, 4.69) is 31.0 Å². The molecule has 0 aliphatic rings. The number of thiazole rings is 1. The summed E-state index contributed by atoms with van der Waals surface area (Å²) in [5, 5.41) is 4.27. The summed E-state index contributed by atoms with van der Waals surface area (Å²) in [5.41, 5.74) is 0.770. The summed E-state index contributed by atoms with van der Waals surface area (Å²) in [5.74, 6) is -0.509. The van der Waals surface area contributed by atoms with Crippen molar-refractivity contribution in [1.29, 1.82) is 0 Å². The zero-order valence-electron chi connectivity index (χ0n) is 9.54. The van der Waals surface area contributed by atoms with Gasteiger partial charge in [-0.3, -0.25) is 0 Å². The van der Waals surface area contributed by atoms with Crippen LogP contribution in [0.4, 0.5) is 10.8 Å². The number of nitrogens with zero attached hydrogens (tertiary/aromatic N) is 1. The number of aromatic nitrogens is 1. The fourth-order valence-electron chi connectivity index (χ4n) is 1.28. The Morgan fingerprint density at radius 1 is 1.47 bits per heavy atom. The van der Waals surface area contributed by atoms with Crippen molar-refractivity contribution in [3.8, 4) is 0 Å². The van der Waals surface area contributed by atoms with Gasteiger partial charge in [0.15, 0.2) is 15.2 Å². The summed E-state index contributed by atoms with van der Waals surface area (Å²) in [6.45, 7) is 0. The van der Waals surface area contributed by atoms with E-state index in [-0.39, 0.29) is 10.0 Å². The molecule has 1 aromatic heterocycles. The number of carbonyl (C=O) groups excluding carboxylic acids is 1. The van der Waals surface area contributed by atoms with Crippen molar-refractivity contribution >= 4 is 67.3 Å². The van der Waals surface area contributed by atoms with E-state index in [0.717, 1.165) is 21.5 Å². The smallest absolute Gasteiger partial charge is 0.351 e. The molecule has 0 atom stereocenters. The Kier molecular flexibility index (Phi) is 4.67. The highest BCUT2D eigenvalue weighted by molar-refractivity contribution is 9.10. The van der Waals surface area contributed by atoms with E-state index in [9.17, 15) is 4.79 Å². The molecule has 19 heavy (non-hydrogen) atoms. The van der Waals surface area contributed by atoms with Crippen LogP contribution in [0.25, 0.3) is 0 Å². The van der Waals surface area contributed by atoms with E-state index in [1.165, 1.54) is 7.11 Å². The van der Waals surface area contributed by atoms with Gasteiger partial charge in [-0.05, 0) is 34.1 Å². The number of halogens is 3. The van der Waals surface area contributed by atoms with Crippen LogP contribution in [0.5, 0.6) is 0 Å². The summed E-state index contributed by atoms with van der Waals surface area (Å²) in [6, 6.07) is 5.28. The van der Waals surface area contributed by atoms with Crippen molar-refractivity contribution in [2.75, 3.05) is 12.4 Å². The molecule has 0 amide bonds. The molecule has 0 saturated heterocycles. The molecule has 2 rings (SSSR count). The van der Waals surface area contributed by atoms with E-state index in [4.69, 9.17) is 23.2 Å². The third-order valence-electron chi connectivity index (χ3n) is 2.13. The average molecular weight is 382 g/mol. The molecule has 1 aromatic carbocycles.